The van der Waals surface area contributed by atoms with Crippen molar-refractivity contribution in [1.29, 1.82) is 0 Å². The van der Waals surface area contributed by atoms with Gasteiger partial charge in [-0.05, 0) is 43.0 Å². The highest BCUT2D eigenvalue weighted by molar-refractivity contribution is 6.31. The van der Waals surface area contributed by atoms with Crippen LogP contribution in [0.25, 0.3) is 0 Å². The van der Waals surface area contributed by atoms with E-state index in [-0.39, 0.29) is 24.3 Å². The Labute approximate surface area is 207 Å². The molecule has 0 aromatic heterocycles. The van der Waals surface area contributed by atoms with Gasteiger partial charge in [0.15, 0.2) is 0 Å². The predicted octanol–water partition coefficient (Wildman–Crippen LogP) is 5.75. The summed E-state index contributed by atoms with van der Waals surface area (Å²) in [5, 5.41) is 3.65. The molecule has 0 radical (unpaired) electrons. The minimum Gasteiger partial charge on any atom is -0.352 e. The summed E-state index contributed by atoms with van der Waals surface area (Å²) in [5.41, 5.74) is 3.86. The van der Waals surface area contributed by atoms with Gasteiger partial charge < -0.3 is 10.2 Å². The van der Waals surface area contributed by atoms with E-state index in [0.29, 0.717) is 18.0 Å². The lowest BCUT2D eigenvalue weighted by Crippen LogP contribution is -2.52. The van der Waals surface area contributed by atoms with Crippen LogP contribution < -0.4 is 5.32 Å². The molecule has 5 heteroatoms. The largest absolute Gasteiger partial charge is 0.352 e. The van der Waals surface area contributed by atoms with Crippen LogP contribution in [0.5, 0.6) is 0 Å². The molecule has 34 heavy (non-hydrogen) atoms. The van der Waals surface area contributed by atoms with Crippen molar-refractivity contribution in [2.75, 3.05) is 0 Å². The lowest BCUT2D eigenvalue weighted by Gasteiger charge is -2.32. The summed E-state index contributed by atoms with van der Waals surface area (Å²) in [7, 11) is 0. The molecule has 0 aliphatic rings. The molecule has 0 saturated heterocycles. The first-order valence-electron chi connectivity index (χ1n) is 11.8. The zero-order valence-corrected chi connectivity index (χ0v) is 20.9. The molecule has 0 heterocycles. The van der Waals surface area contributed by atoms with Gasteiger partial charge in [-0.3, -0.25) is 9.59 Å². The fourth-order valence-corrected chi connectivity index (χ4v) is 4.11. The Morgan fingerprint density at radius 1 is 0.941 bits per heavy atom. The lowest BCUT2D eigenvalue weighted by atomic mass is 10.0. The number of benzene rings is 3. The fourth-order valence-electron chi connectivity index (χ4n) is 3.91. The van der Waals surface area contributed by atoms with E-state index >= 15 is 0 Å². The van der Waals surface area contributed by atoms with Gasteiger partial charge in [0, 0.05) is 24.0 Å². The van der Waals surface area contributed by atoms with E-state index in [0.717, 1.165) is 28.7 Å². The summed E-state index contributed by atoms with van der Waals surface area (Å²) >= 11 is 6.36. The standard InChI is InChI=1S/C29H33ClN2O2/c1-4-22(3)31-29(34)27(18-23-12-6-5-7-13-23)32(20-24-14-10-11-21(2)17-24)28(33)19-25-15-8-9-16-26(25)30/h5-17,22,27H,4,18-20H2,1-3H3,(H,31,34)/t22-,27-/m1/s1. The highest BCUT2D eigenvalue weighted by Gasteiger charge is 2.31. The van der Waals surface area contributed by atoms with Crippen LogP contribution in [-0.4, -0.2) is 28.8 Å². The Balaban J connectivity index is 1.98. The van der Waals surface area contributed by atoms with Gasteiger partial charge in [0.25, 0.3) is 0 Å². The lowest BCUT2D eigenvalue weighted by molar-refractivity contribution is -0.141. The van der Waals surface area contributed by atoms with Gasteiger partial charge in [-0.2, -0.15) is 0 Å². The third-order valence-electron chi connectivity index (χ3n) is 6.01. The average molecular weight is 477 g/mol. The van der Waals surface area contributed by atoms with Crippen molar-refractivity contribution in [1.82, 2.24) is 10.2 Å². The second kappa shape index (κ2) is 12.4. The predicted molar refractivity (Wildman–Crippen MR) is 139 cm³/mol. The molecule has 0 bridgehead atoms. The third kappa shape index (κ3) is 7.19. The van der Waals surface area contributed by atoms with Gasteiger partial charge in [0.1, 0.15) is 6.04 Å². The van der Waals surface area contributed by atoms with Crippen molar-refractivity contribution in [3.63, 3.8) is 0 Å². The first-order valence-corrected chi connectivity index (χ1v) is 12.2. The molecule has 2 amide bonds. The van der Waals surface area contributed by atoms with Crippen molar-refractivity contribution in [3.8, 4) is 0 Å². The first-order chi connectivity index (χ1) is 16.4. The summed E-state index contributed by atoms with van der Waals surface area (Å²) in [6.07, 6.45) is 1.38. The van der Waals surface area contributed by atoms with E-state index in [9.17, 15) is 9.59 Å². The first kappa shape index (κ1) is 25.5. The van der Waals surface area contributed by atoms with E-state index in [1.165, 1.54) is 0 Å². The zero-order chi connectivity index (χ0) is 24.5. The van der Waals surface area contributed by atoms with Gasteiger partial charge in [-0.1, -0.05) is 96.9 Å². The molecule has 0 spiro atoms. The third-order valence-corrected chi connectivity index (χ3v) is 6.38. The highest BCUT2D eigenvalue weighted by Crippen LogP contribution is 2.20. The van der Waals surface area contributed by atoms with Gasteiger partial charge in [-0.25, -0.2) is 0 Å². The van der Waals surface area contributed by atoms with Gasteiger partial charge >= 0.3 is 0 Å². The minimum atomic E-state index is -0.646. The Kier molecular flexibility index (Phi) is 9.29. The van der Waals surface area contributed by atoms with Crippen molar-refractivity contribution in [3.05, 3.63) is 106 Å². The summed E-state index contributed by atoms with van der Waals surface area (Å²) in [4.78, 5) is 29.0. The van der Waals surface area contributed by atoms with Crippen LogP contribution >= 0.6 is 11.6 Å². The fraction of sp³-hybridized carbons (Fsp3) is 0.310. The molecule has 2 atom stereocenters. The maximum absolute atomic E-state index is 13.7. The van der Waals surface area contributed by atoms with Crippen molar-refractivity contribution in [2.45, 2.75) is 58.7 Å². The monoisotopic (exact) mass is 476 g/mol. The Bertz CT molecular complexity index is 1100. The number of hydrogen-bond donors (Lipinski definition) is 1. The quantitative estimate of drug-likeness (QED) is 0.405. The van der Waals surface area contributed by atoms with Crippen LogP contribution in [-0.2, 0) is 29.0 Å². The normalized spacial score (nSPS) is 12.6. The van der Waals surface area contributed by atoms with E-state index in [1.807, 2.05) is 87.5 Å². The molecule has 178 valence electrons. The molecular formula is C29H33ClN2O2. The summed E-state index contributed by atoms with van der Waals surface area (Å²) in [5.74, 6) is -0.270. The minimum absolute atomic E-state index is 0.0188. The van der Waals surface area contributed by atoms with Crippen LogP contribution in [0.2, 0.25) is 5.02 Å². The molecule has 4 nitrogen and oxygen atoms in total. The Morgan fingerprint density at radius 3 is 2.29 bits per heavy atom. The number of carbonyl (C=O) groups is 2. The maximum Gasteiger partial charge on any atom is 0.243 e. The van der Waals surface area contributed by atoms with Crippen LogP contribution in [0.4, 0.5) is 0 Å². The number of amides is 2. The van der Waals surface area contributed by atoms with Gasteiger partial charge in [0.05, 0.1) is 6.42 Å². The van der Waals surface area contributed by atoms with E-state index in [1.54, 1.807) is 11.0 Å². The van der Waals surface area contributed by atoms with E-state index in [2.05, 4.69) is 11.4 Å². The number of rotatable bonds is 10. The van der Waals surface area contributed by atoms with Crippen LogP contribution in [0.15, 0.2) is 78.9 Å². The number of hydrogen-bond acceptors (Lipinski definition) is 2. The van der Waals surface area contributed by atoms with Gasteiger partial charge in [0.2, 0.25) is 11.8 Å². The molecule has 1 N–H and O–H groups in total. The molecule has 0 aliphatic heterocycles. The Morgan fingerprint density at radius 2 is 1.62 bits per heavy atom. The van der Waals surface area contributed by atoms with Crippen molar-refractivity contribution in [2.24, 2.45) is 0 Å². The SMILES string of the molecule is CC[C@@H](C)NC(=O)[C@@H](Cc1ccccc1)N(Cc1cccc(C)c1)C(=O)Cc1ccccc1Cl. The molecule has 3 aromatic rings. The smallest absolute Gasteiger partial charge is 0.243 e. The molecule has 0 saturated carbocycles. The highest BCUT2D eigenvalue weighted by atomic mass is 35.5. The number of halogens is 1. The molecule has 0 aliphatic carbocycles. The summed E-state index contributed by atoms with van der Waals surface area (Å²) < 4.78 is 0. The Hall–Kier alpha value is -3.11. The zero-order valence-electron chi connectivity index (χ0n) is 20.1. The molecular weight excluding hydrogens is 444 g/mol. The van der Waals surface area contributed by atoms with Crippen LogP contribution in [0, 0.1) is 6.92 Å². The number of nitrogens with zero attached hydrogens (tertiary/aromatic N) is 1. The van der Waals surface area contributed by atoms with Crippen molar-refractivity contribution < 1.29 is 9.59 Å². The van der Waals surface area contributed by atoms with Crippen LogP contribution in [0.1, 0.15) is 42.5 Å². The van der Waals surface area contributed by atoms with Gasteiger partial charge in [-0.15, -0.1) is 0 Å². The summed E-state index contributed by atoms with van der Waals surface area (Å²) in [6.45, 7) is 6.38. The topological polar surface area (TPSA) is 49.4 Å². The molecule has 0 fully saturated rings. The molecule has 3 rings (SSSR count). The summed E-state index contributed by atoms with van der Waals surface area (Å²) in [6, 6.07) is 24.6. The van der Waals surface area contributed by atoms with E-state index < -0.39 is 6.04 Å². The number of nitrogens with one attached hydrogen (secondary N) is 1. The molecule has 0 unspecified atom stereocenters. The van der Waals surface area contributed by atoms with E-state index in [4.69, 9.17) is 11.6 Å². The second-order valence-corrected chi connectivity index (χ2v) is 9.21. The second-order valence-electron chi connectivity index (χ2n) is 8.80. The average Bonchev–Trinajstić information content (AvgIpc) is 2.83. The van der Waals surface area contributed by atoms with Crippen LogP contribution in [0.3, 0.4) is 0 Å². The maximum atomic E-state index is 13.7. The number of carbonyl (C=O) groups excluding carboxylic acids is 2. The number of aryl methyl sites for hydroxylation is 1. The molecule has 3 aromatic carbocycles. The van der Waals surface area contributed by atoms with Crippen molar-refractivity contribution >= 4 is 23.4 Å².